The van der Waals surface area contributed by atoms with Crippen LogP contribution in [0.5, 0.6) is 0 Å². The first-order valence-electron chi connectivity index (χ1n) is 2.57. The lowest BCUT2D eigenvalue weighted by Crippen LogP contribution is -2.14. The van der Waals surface area contributed by atoms with Crippen molar-refractivity contribution in [1.29, 1.82) is 0 Å². The first-order chi connectivity index (χ1) is 3.81. The monoisotopic (exact) mass is 114 g/mol. The van der Waals surface area contributed by atoms with Crippen molar-refractivity contribution in [2.45, 2.75) is 20.3 Å². The largest absolute Gasteiger partial charge is 0.273 e. The molecule has 0 bridgehead atoms. The lowest BCUT2D eigenvalue weighted by Gasteiger charge is -1.90. The Morgan fingerprint density at radius 2 is 2.50 bits per heavy atom. The van der Waals surface area contributed by atoms with Gasteiger partial charge in [0.25, 0.3) is 0 Å². The molecule has 1 amide bonds. The van der Waals surface area contributed by atoms with Crippen LogP contribution in [0.1, 0.15) is 20.3 Å². The third kappa shape index (κ3) is 3.33. The van der Waals surface area contributed by atoms with Gasteiger partial charge in [-0.05, 0) is 6.92 Å². The number of rotatable bonds is 2. The number of hydrogen-bond donors (Lipinski definition) is 1. The molecule has 0 spiro atoms. The highest BCUT2D eigenvalue weighted by molar-refractivity contribution is 5.76. The van der Waals surface area contributed by atoms with Crippen LogP contribution < -0.4 is 5.43 Å². The van der Waals surface area contributed by atoms with E-state index in [1.54, 1.807) is 13.8 Å². The molecule has 0 aliphatic carbocycles. The Labute approximate surface area is 48.8 Å². The van der Waals surface area contributed by atoms with Crippen LogP contribution in [-0.2, 0) is 4.79 Å². The summed E-state index contributed by atoms with van der Waals surface area (Å²) < 4.78 is 0. The van der Waals surface area contributed by atoms with Gasteiger partial charge in [0, 0.05) is 12.6 Å². The van der Waals surface area contributed by atoms with Gasteiger partial charge in [0.1, 0.15) is 0 Å². The minimum Gasteiger partial charge on any atom is -0.273 e. The Morgan fingerprint density at radius 3 is 2.88 bits per heavy atom. The lowest BCUT2D eigenvalue weighted by molar-refractivity contribution is -0.120. The number of carbonyl (C=O) groups is 1. The summed E-state index contributed by atoms with van der Waals surface area (Å²) in [5, 5.41) is 3.52. The first-order valence-corrected chi connectivity index (χ1v) is 2.57. The SMILES string of the molecule is CC=NNC(=O)CC. The second-order valence-corrected chi connectivity index (χ2v) is 1.28. The molecule has 0 aromatic rings. The van der Waals surface area contributed by atoms with Crippen LogP contribution >= 0.6 is 0 Å². The molecule has 0 unspecified atom stereocenters. The topological polar surface area (TPSA) is 41.5 Å². The zero-order chi connectivity index (χ0) is 6.41. The summed E-state index contributed by atoms with van der Waals surface area (Å²) in [7, 11) is 0. The summed E-state index contributed by atoms with van der Waals surface area (Å²) in [4.78, 5) is 10.3. The van der Waals surface area contributed by atoms with E-state index in [-0.39, 0.29) is 5.91 Å². The van der Waals surface area contributed by atoms with Crippen LogP contribution in [0.25, 0.3) is 0 Å². The van der Waals surface area contributed by atoms with E-state index in [2.05, 4.69) is 10.5 Å². The average Bonchev–Trinajstić information content (AvgIpc) is 1.83. The molecular formula is C5H10N2O. The number of carbonyl (C=O) groups excluding carboxylic acids is 1. The van der Waals surface area contributed by atoms with Crippen LogP contribution in [0.15, 0.2) is 5.10 Å². The molecule has 0 aromatic heterocycles. The molecule has 3 heteroatoms. The van der Waals surface area contributed by atoms with Crippen molar-refractivity contribution in [2.75, 3.05) is 0 Å². The number of hydrazone groups is 1. The third-order valence-electron chi connectivity index (χ3n) is 0.639. The molecule has 46 valence electrons. The van der Waals surface area contributed by atoms with Crippen molar-refractivity contribution in [2.24, 2.45) is 5.10 Å². The highest BCUT2D eigenvalue weighted by atomic mass is 16.2. The summed E-state index contributed by atoms with van der Waals surface area (Å²) in [5.74, 6) is -0.0527. The summed E-state index contributed by atoms with van der Waals surface area (Å²) in [5.41, 5.74) is 2.31. The maximum Gasteiger partial charge on any atom is 0.239 e. The number of nitrogens with zero attached hydrogens (tertiary/aromatic N) is 1. The van der Waals surface area contributed by atoms with Crippen molar-refractivity contribution >= 4 is 12.1 Å². The smallest absolute Gasteiger partial charge is 0.239 e. The molecule has 8 heavy (non-hydrogen) atoms. The van der Waals surface area contributed by atoms with E-state index in [0.717, 1.165) is 0 Å². The van der Waals surface area contributed by atoms with Gasteiger partial charge in [-0.15, -0.1) is 0 Å². The lowest BCUT2D eigenvalue weighted by atomic mass is 10.5. The van der Waals surface area contributed by atoms with Crippen LogP contribution in [0.4, 0.5) is 0 Å². The summed E-state index contributed by atoms with van der Waals surface area (Å²) in [6.07, 6.45) is 2.02. The number of amides is 1. The zero-order valence-corrected chi connectivity index (χ0v) is 5.14. The second kappa shape index (κ2) is 4.30. The average molecular weight is 114 g/mol. The van der Waals surface area contributed by atoms with Gasteiger partial charge in [-0.3, -0.25) is 4.79 Å². The Balaban J connectivity index is 3.25. The fourth-order valence-electron chi connectivity index (χ4n) is 0.216. The normalized spacial score (nSPS) is 9.75. The van der Waals surface area contributed by atoms with Crippen molar-refractivity contribution in [3.63, 3.8) is 0 Å². The molecule has 0 heterocycles. The van der Waals surface area contributed by atoms with E-state index in [4.69, 9.17) is 0 Å². The number of hydrogen-bond acceptors (Lipinski definition) is 2. The van der Waals surface area contributed by atoms with E-state index >= 15 is 0 Å². The molecule has 0 aromatic carbocycles. The maximum absolute atomic E-state index is 10.3. The van der Waals surface area contributed by atoms with E-state index in [9.17, 15) is 4.79 Å². The minimum atomic E-state index is -0.0527. The molecule has 3 nitrogen and oxygen atoms in total. The van der Waals surface area contributed by atoms with Gasteiger partial charge < -0.3 is 0 Å². The van der Waals surface area contributed by atoms with E-state index in [0.29, 0.717) is 6.42 Å². The van der Waals surface area contributed by atoms with Gasteiger partial charge in [0.15, 0.2) is 0 Å². The van der Waals surface area contributed by atoms with Crippen molar-refractivity contribution < 1.29 is 4.79 Å². The first kappa shape index (κ1) is 7.14. The quantitative estimate of drug-likeness (QED) is 0.412. The summed E-state index contributed by atoms with van der Waals surface area (Å²) in [6.45, 7) is 3.52. The van der Waals surface area contributed by atoms with Crippen molar-refractivity contribution in [3.05, 3.63) is 0 Å². The van der Waals surface area contributed by atoms with Crippen LogP contribution in [0.3, 0.4) is 0 Å². The Bertz CT molecular complexity index is 98.6. The molecule has 1 N–H and O–H groups in total. The molecule has 0 fully saturated rings. The molecule has 0 aliphatic heterocycles. The third-order valence-corrected chi connectivity index (χ3v) is 0.639. The maximum atomic E-state index is 10.3. The zero-order valence-electron chi connectivity index (χ0n) is 5.14. The van der Waals surface area contributed by atoms with Gasteiger partial charge >= 0.3 is 0 Å². The van der Waals surface area contributed by atoms with Crippen LogP contribution in [-0.4, -0.2) is 12.1 Å². The van der Waals surface area contributed by atoms with Crippen molar-refractivity contribution in [1.82, 2.24) is 5.43 Å². The fraction of sp³-hybridized carbons (Fsp3) is 0.600. The molecule has 0 saturated carbocycles. The molecule has 0 saturated heterocycles. The fourth-order valence-corrected chi connectivity index (χ4v) is 0.216. The van der Waals surface area contributed by atoms with Gasteiger partial charge in [-0.25, -0.2) is 5.43 Å². The van der Waals surface area contributed by atoms with Crippen molar-refractivity contribution in [3.8, 4) is 0 Å². The van der Waals surface area contributed by atoms with Gasteiger partial charge in [0.05, 0.1) is 0 Å². The second-order valence-electron chi connectivity index (χ2n) is 1.28. The molecule has 0 aliphatic rings. The highest BCUT2D eigenvalue weighted by Gasteiger charge is 1.88. The summed E-state index contributed by atoms with van der Waals surface area (Å²) >= 11 is 0. The van der Waals surface area contributed by atoms with Gasteiger partial charge in [0.2, 0.25) is 5.91 Å². The van der Waals surface area contributed by atoms with Gasteiger partial charge in [-0.1, -0.05) is 6.92 Å². The van der Waals surface area contributed by atoms with Gasteiger partial charge in [-0.2, -0.15) is 5.10 Å². The highest BCUT2D eigenvalue weighted by Crippen LogP contribution is 1.71. The number of nitrogens with one attached hydrogen (secondary N) is 1. The molecule has 0 radical (unpaired) electrons. The van der Waals surface area contributed by atoms with E-state index < -0.39 is 0 Å². The molecule has 0 rings (SSSR count). The van der Waals surface area contributed by atoms with E-state index in [1.165, 1.54) is 6.21 Å². The summed E-state index contributed by atoms with van der Waals surface area (Å²) in [6, 6.07) is 0. The predicted molar refractivity (Wildman–Crippen MR) is 32.6 cm³/mol. The standard InChI is InChI=1S/C5H10N2O/c1-3-5(8)7-6-4-2/h4H,3H2,1-2H3,(H,7,8). The minimum absolute atomic E-state index is 0.0527. The predicted octanol–water partition coefficient (Wildman–Crippen LogP) is 0.518. The Morgan fingerprint density at radius 1 is 1.88 bits per heavy atom. The molecular weight excluding hydrogens is 104 g/mol. The molecule has 0 atom stereocenters. The van der Waals surface area contributed by atoms with Crippen LogP contribution in [0.2, 0.25) is 0 Å². The Kier molecular flexibility index (Phi) is 3.84. The van der Waals surface area contributed by atoms with E-state index in [1.807, 2.05) is 0 Å². The Hall–Kier alpha value is -0.860. The van der Waals surface area contributed by atoms with Crippen LogP contribution in [0, 0.1) is 0 Å².